The number of carbonyl (C=O) groups is 1. The van der Waals surface area contributed by atoms with E-state index < -0.39 is 6.04 Å². The minimum Gasteiger partial charge on any atom is -0.449 e. The number of nitrogens with two attached hydrogens (primary N) is 1. The standard InChI is InChI=1S/C16H21N3O2/c1-10-18-13(9-21-10)11-5-7-12(8-6-11)19-15(20)14(17)16(2,3)4/h5-9,14H,17H2,1-4H3,(H,19,20). The summed E-state index contributed by atoms with van der Waals surface area (Å²) in [6.45, 7) is 7.61. The summed E-state index contributed by atoms with van der Waals surface area (Å²) in [6.07, 6.45) is 1.61. The molecule has 2 rings (SSSR count). The number of anilines is 1. The number of aromatic nitrogens is 1. The van der Waals surface area contributed by atoms with Gasteiger partial charge < -0.3 is 15.5 Å². The molecule has 0 radical (unpaired) electrons. The molecule has 0 aliphatic carbocycles. The fourth-order valence-electron chi connectivity index (χ4n) is 1.83. The van der Waals surface area contributed by atoms with Crippen molar-refractivity contribution in [3.8, 4) is 11.3 Å². The van der Waals surface area contributed by atoms with Gasteiger partial charge in [-0.25, -0.2) is 4.98 Å². The monoisotopic (exact) mass is 287 g/mol. The van der Waals surface area contributed by atoms with Gasteiger partial charge >= 0.3 is 0 Å². The van der Waals surface area contributed by atoms with E-state index in [0.29, 0.717) is 11.6 Å². The maximum Gasteiger partial charge on any atom is 0.241 e. The minimum atomic E-state index is -0.560. The van der Waals surface area contributed by atoms with Crippen LogP contribution >= 0.6 is 0 Å². The van der Waals surface area contributed by atoms with Crippen LogP contribution in [0, 0.1) is 12.3 Å². The second-order valence-corrected chi connectivity index (χ2v) is 6.16. The molecule has 112 valence electrons. The summed E-state index contributed by atoms with van der Waals surface area (Å²) in [5.74, 6) is 0.436. The van der Waals surface area contributed by atoms with E-state index in [4.69, 9.17) is 10.2 Å². The maximum absolute atomic E-state index is 12.1. The lowest BCUT2D eigenvalue weighted by Crippen LogP contribution is -2.45. The van der Waals surface area contributed by atoms with Gasteiger partial charge in [0.1, 0.15) is 12.0 Å². The van der Waals surface area contributed by atoms with Crippen molar-refractivity contribution in [2.24, 2.45) is 11.1 Å². The number of rotatable bonds is 3. The van der Waals surface area contributed by atoms with Crippen LogP contribution in [0.3, 0.4) is 0 Å². The Labute approximate surface area is 124 Å². The van der Waals surface area contributed by atoms with E-state index in [1.54, 1.807) is 13.2 Å². The zero-order valence-electron chi connectivity index (χ0n) is 12.8. The van der Waals surface area contributed by atoms with Gasteiger partial charge in [0, 0.05) is 18.2 Å². The van der Waals surface area contributed by atoms with Crippen LogP contribution in [0.15, 0.2) is 34.9 Å². The number of amides is 1. The van der Waals surface area contributed by atoms with Gasteiger partial charge in [0.2, 0.25) is 5.91 Å². The van der Waals surface area contributed by atoms with Crippen LogP contribution in [0.2, 0.25) is 0 Å². The average Bonchev–Trinajstić information content (AvgIpc) is 2.84. The summed E-state index contributed by atoms with van der Waals surface area (Å²) in [5, 5.41) is 2.82. The van der Waals surface area contributed by atoms with E-state index in [9.17, 15) is 4.79 Å². The Kier molecular flexibility index (Phi) is 4.14. The Hall–Kier alpha value is -2.14. The Morgan fingerprint density at radius 3 is 2.38 bits per heavy atom. The molecule has 1 amide bonds. The molecule has 1 heterocycles. The lowest BCUT2D eigenvalue weighted by Gasteiger charge is -2.25. The number of oxazole rings is 1. The Balaban J connectivity index is 2.08. The highest BCUT2D eigenvalue weighted by atomic mass is 16.3. The molecule has 0 bridgehead atoms. The van der Waals surface area contributed by atoms with Crippen molar-refractivity contribution in [1.29, 1.82) is 0 Å². The molecule has 21 heavy (non-hydrogen) atoms. The van der Waals surface area contributed by atoms with Gasteiger partial charge in [0.05, 0.1) is 6.04 Å². The first-order valence-corrected chi connectivity index (χ1v) is 6.86. The van der Waals surface area contributed by atoms with Gasteiger partial charge in [-0.2, -0.15) is 0 Å². The second-order valence-electron chi connectivity index (χ2n) is 6.16. The summed E-state index contributed by atoms with van der Waals surface area (Å²) in [6, 6.07) is 6.86. The maximum atomic E-state index is 12.1. The fraction of sp³-hybridized carbons (Fsp3) is 0.375. The summed E-state index contributed by atoms with van der Waals surface area (Å²) in [7, 11) is 0. The zero-order chi connectivity index (χ0) is 15.6. The summed E-state index contributed by atoms with van der Waals surface area (Å²) in [4.78, 5) is 16.3. The molecule has 1 aromatic heterocycles. The number of carbonyl (C=O) groups excluding carboxylic acids is 1. The smallest absolute Gasteiger partial charge is 0.241 e. The molecule has 5 nitrogen and oxygen atoms in total. The number of aryl methyl sites for hydroxylation is 1. The molecule has 0 fully saturated rings. The van der Waals surface area contributed by atoms with E-state index in [-0.39, 0.29) is 11.3 Å². The zero-order valence-corrected chi connectivity index (χ0v) is 12.8. The molecular weight excluding hydrogens is 266 g/mol. The van der Waals surface area contributed by atoms with Crippen molar-refractivity contribution in [3.63, 3.8) is 0 Å². The van der Waals surface area contributed by atoms with Gasteiger partial charge in [-0.3, -0.25) is 4.79 Å². The van der Waals surface area contributed by atoms with Gasteiger partial charge in [0.15, 0.2) is 5.89 Å². The van der Waals surface area contributed by atoms with Crippen molar-refractivity contribution in [2.45, 2.75) is 33.7 Å². The van der Waals surface area contributed by atoms with E-state index in [2.05, 4.69) is 10.3 Å². The van der Waals surface area contributed by atoms with Crippen LogP contribution < -0.4 is 11.1 Å². The summed E-state index contributed by atoms with van der Waals surface area (Å²) >= 11 is 0. The van der Waals surface area contributed by atoms with E-state index in [0.717, 1.165) is 11.3 Å². The molecule has 1 unspecified atom stereocenters. The molecule has 2 aromatic rings. The first-order chi connectivity index (χ1) is 9.77. The number of hydrogen-bond acceptors (Lipinski definition) is 4. The lowest BCUT2D eigenvalue weighted by molar-refractivity contribution is -0.119. The van der Waals surface area contributed by atoms with Crippen molar-refractivity contribution in [2.75, 3.05) is 5.32 Å². The topological polar surface area (TPSA) is 81.2 Å². The molecule has 0 spiro atoms. The highest BCUT2D eigenvalue weighted by Crippen LogP contribution is 2.22. The van der Waals surface area contributed by atoms with E-state index in [1.165, 1.54) is 0 Å². The number of benzene rings is 1. The Morgan fingerprint density at radius 1 is 1.29 bits per heavy atom. The molecule has 0 saturated heterocycles. The highest BCUT2D eigenvalue weighted by Gasteiger charge is 2.27. The first kappa shape index (κ1) is 15.3. The van der Waals surface area contributed by atoms with Gasteiger partial charge in [-0.1, -0.05) is 32.9 Å². The average molecular weight is 287 g/mol. The third kappa shape index (κ3) is 3.70. The number of hydrogen-bond donors (Lipinski definition) is 2. The predicted octanol–water partition coefficient (Wildman–Crippen LogP) is 2.96. The largest absolute Gasteiger partial charge is 0.449 e. The molecule has 1 atom stereocenters. The quantitative estimate of drug-likeness (QED) is 0.909. The van der Waals surface area contributed by atoms with Crippen molar-refractivity contribution >= 4 is 11.6 Å². The van der Waals surface area contributed by atoms with Gasteiger partial charge in [0.25, 0.3) is 0 Å². The van der Waals surface area contributed by atoms with E-state index in [1.807, 2.05) is 45.0 Å². The second kappa shape index (κ2) is 5.69. The van der Waals surface area contributed by atoms with Crippen molar-refractivity contribution < 1.29 is 9.21 Å². The fourth-order valence-corrected chi connectivity index (χ4v) is 1.83. The molecular formula is C16H21N3O2. The number of nitrogens with one attached hydrogen (secondary N) is 1. The third-order valence-electron chi connectivity index (χ3n) is 3.28. The summed E-state index contributed by atoms with van der Waals surface area (Å²) in [5.41, 5.74) is 8.08. The van der Waals surface area contributed by atoms with Crippen molar-refractivity contribution in [3.05, 3.63) is 36.4 Å². The van der Waals surface area contributed by atoms with Crippen LogP contribution in [-0.2, 0) is 4.79 Å². The molecule has 0 saturated carbocycles. The van der Waals surface area contributed by atoms with E-state index >= 15 is 0 Å². The van der Waals surface area contributed by atoms with Crippen LogP contribution in [-0.4, -0.2) is 16.9 Å². The highest BCUT2D eigenvalue weighted by molar-refractivity contribution is 5.95. The SMILES string of the molecule is Cc1nc(-c2ccc(NC(=O)C(N)C(C)(C)C)cc2)co1. The van der Waals surface area contributed by atoms with Gasteiger partial charge in [-0.05, 0) is 17.5 Å². The lowest BCUT2D eigenvalue weighted by atomic mass is 9.87. The number of nitrogens with zero attached hydrogens (tertiary/aromatic N) is 1. The van der Waals surface area contributed by atoms with Gasteiger partial charge in [-0.15, -0.1) is 0 Å². The van der Waals surface area contributed by atoms with Crippen molar-refractivity contribution in [1.82, 2.24) is 4.98 Å². The normalized spacial score (nSPS) is 13.0. The Morgan fingerprint density at radius 2 is 1.90 bits per heavy atom. The minimum absolute atomic E-state index is 0.187. The predicted molar refractivity (Wildman–Crippen MR) is 82.7 cm³/mol. The van der Waals surface area contributed by atoms with Crippen LogP contribution in [0.5, 0.6) is 0 Å². The van der Waals surface area contributed by atoms with Crippen LogP contribution in [0.25, 0.3) is 11.3 Å². The molecule has 5 heteroatoms. The van der Waals surface area contributed by atoms with Crippen LogP contribution in [0.4, 0.5) is 5.69 Å². The van der Waals surface area contributed by atoms with Crippen LogP contribution in [0.1, 0.15) is 26.7 Å². The molecule has 0 aliphatic rings. The first-order valence-electron chi connectivity index (χ1n) is 6.86. The molecule has 1 aromatic carbocycles. The summed E-state index contributed by atoms with van der Waals surface area (Å²) < 4.78 is 5.19. The third-order valence-corrected chi connectivity index (χ3v) is 3.28. The Bertz CT molecular complexity index is 624. The molecule has 3 N–H and O–H groups in total. The molecule has 0 aliphatic heterocycles.